The average molecular weight is 310 g/mol. The number of aliphatic hydroxyl groups excluding tert-OH is 1. The minimum Gasteiger partial charge on any atom is -0.459 e. The van der Waals surface area contributed by atoms with Crippen molar-refractivity contribution in [1.82, 2.24) is 10.6 Å². The topological polar surface area (TPSA) is 91.6 Å². The number of carbonyl (C=O) groups is 2. The molecule has 0 saturated heterocycles. The number of hydrogen-bond donors (Lipinski definition) is 3. The van der Waals surface area contributed by atoms with Gasteiger partial charge in [0.25, 0.3) is 5.91 Å². The van der Waals surface area contributed by atoms with Gasteiger partial charge in [-0.1, -0.05) is 27.7 Å². The largest absolute Gasteiger partial charge is 0.459 e. The first-order chi connectivity index (χ1) is 10.3. The zero-order chi connectivity index (χ0) is 16.7. The molecule has 124 valence electrons. The van der Waals surface area contributed by atoms with E-state index in [0.29, 0.717) is 13.0 Å². The molecule has 22 heavy (non-hydrogen) atoms. The molecule has 0 bridgehead atoms. The maximum atomic E-state index is 12.2. The summed E-state index contributed by atoms with van der Waals surface area (Å²) in [6, 6.07) is 2.52. The molecule has 1 aromatic rings. The molecule has 2 atom stereocenters. The van der Waals surface area contributed by atoms with Gasteiger partial charge in [-0.2, -0.15) is 0 Å². The van der Waals surface area contributed by atoms with Gasteiger partial charge in [0.1, 0.15) is 6.04 Å². The van der Waals surface area contributed by atoms with Crippen LogP contribution in [0, 0.1) is 11.8 Å². The Balaban J connectivity index is 2.52. The van der Waals surface area contributed by atoms with Crippen LogP contribution in [0.5, 0.6) is 0 Å². The van der Waals surface area contributed by atoms with Crippen molar-refractivity contribution in [2.45, 2.75) is 46.3 Å². The van der Waals surface area contributed by atoms with E-state index in [1.54, 1.807) is 12.1 Å². The smallest absolute Gasteiger partial charge is 0.287 e. The molecule has 0 aliphatic heterocycles. The van der Waals surface area contributed by atoms with E-state index < -0.39 is 18.1 Å². The van der Waals surface area contributed by atoms with E-state index in [4.69, 9.17) is 4.42 Å². The lowest BCUT2D eigenvalue weighted by Gasteiger charge is -2.22. The van der Waals surface area contributed by atoms with Crippen molar-refractivity contribution in [3.63, 3.8) is 0 Å². The Morgan fingerprint density at radius 3 is 2.41 bits per heavy atom. The second kappa shape index (κ2) is 8.58. The number of hydrogen-bond acceptors (Lipinski definition) is 4. The number of carbonyl (C=O) groups excluding carboxylic acids is 2. The Hall–Kier alpha value is -1.82. The quantitative estimate of drug-likeness (QED) is 0.679. The molecule has 1 heterocycles. The van der Waals surface area contributed by atoms with Crippen LogP contribution < -0.4 is 10.6 Å². The van der Waals surface area contributed by atoms with E-state index in [2.05, 4.69) is 10.6 Å². The van der Waals surface area contributed by atoms with E-state index in [1.807, 2.05) is 27.7 Å². The Bertz CT molecular complexity index is 469. The number of amides is 2. The van der Waals surface area contributed by atoms with Gasteiger partial charge < -0.3 is 20.2 Å². The van der Waals surface area contributed by atoms with Crippen molar-refractivity contribution >= 4 is 11.8 Å². The van der Waals surface area contributed by atoms with Crippen molar-refractivity contribution in [1.29, 1.82) is 0 Å². The summed E-state index contributed by atoms with van der Waals surface area (Å²) in [5.74, 6) is -0.411. The summed E-state index contributed by atoms with van der Waals surface area (Å²) in [6.07, 6.45) is 1.45. The van der Waals surface area contributed by atoms with Crippen molar-refractivity contribution in [3.8, 4) is 0 Å². The summed E-state index contributed by atoms with van der Waals surface area (Å²) >= 11 is 0. The Morgan fingerprint density at radius 1 is 1.23 bits per heavy atom. The first-order valence-corrected chi connectivity index (χ1v) is 7.63. The van der Waals surface area contributed by atoms with Crippen molar-refractivity contribution < 1.29 is 19.1 Å². The fraction of sp³-hybridized carbons (Fsp3) is 0.625. The van der Waals surface area contributed by atoms with Crippen LogP contribution in [0.2, 0.25) is 0 Å². The van der Waals surface area contributed by atoms with Gasteiger partial charge in [0.15, 0.2) is 5.76 Å². The molecule has 2 unspecified atom stereocenters. The lowest BCUT2D eigenvalue weighted by molar-refractivity contribution is -0.124. The number of aliphatic hydroxyl groups is 1. The summed E-state index contributed by atoms with van der Waals surface area (Å²) in [5, 5.41) is 15.2. The molecular weight excluding hydrogens is 284 g/mol. The van der Waals surface area contributed by atoms with Gasteiger partial charge in [0, 0.05) is 6.54 Å². The van der Waals surface area contributed by atoms with Gasteiger partial charge >= 0.3 is 0 Å². The van der Waals surface area contributed by atoms with Crippen LogP contribution in [0.4, 0.5) is 0 Å². The molecule has 0 aliphatic rings. The van der Waals surface area contributed by atoms with Gasteiger partial charge in [-0.3, -0.25) is 9.59 Å². The number of nitrogens with one attached hydrogen (secondary N) is 2. The molecule has 6 heteroatoms. The third kappa shape index (κ3) is 5.52. The molecule has 0 spiro atoms. The maximum Gasteiger partial charge on any atom is 0.287 e. The lowest BCUT2D eigenvalue weighted by atomic mass is 10.0. The summed E-state index contributed by atoms with van der Waals surface area (Å²) in [6.45, 7) is 7.93. The molecule has 0 aliphatic carbocycles. The van der Waals surface area contributed by atoms with E-state index in [0.717, 1.165) is 0 Å². The molecule has 1 aromatic heterocycles. The molecule has 0 fully saturated rings. The predicted molar refractivity (Wildman–Crippen MR) is 83.3 cm³/mol. The minimum atomic E-state index is -0.645. The highest BCUT2D eigenvalue weighted by Gasteiger charge is 2.25. The molecular formula is C16H26N2O4. The molecule has 1 rings (SSSR count). The summed E-state index contributed by atoms with van der Waals surface area (Å²) < 4.78 is 5.02. The van der Waals surface area contributed by atoms with Crippen LogP contribution in [0.25, 0.3) is 0 Å². The zero-order valence-corrected chi connectivity index (χ0v) is 13.6. The first-order valence-electron chi connectivity index (χ1n) is 7.63. The highest BCUT2D eigenvalue weighted by molar-refractivity contribution is 5.95. The first kappa shape index (κ1) is 18.2. The summed E-state index contributed by atoms with van der Waals surface area (Å²) in [7, 11) is 0. The summed E-state index contributed by atoms with van der Waals surface area (Å²) in [4.78, 5) is 24.2. The highest BCUT2D eigenvalue weighted by atomic mass is 16.3. The fourth-order valence-corrected chi connectivity index (χ4v) is 1.94. The van der Waals surface area contributed by atoms with Gasteiger partial charge in [-0.05, 0) is 30.4 Å². The van der Waals surface area contributed by atoms with E-state index in [1.165, 1.54) is 6.26 Å². The molecule has 0 saturated carbocycles. The van der Waals surface area contributed by atoms with Crippen LogP contribution >= 0.6 is 0 Å². The Kier molecular flexibility index (Phi) is 7.11. The molecule has 2 amide bonds. The third-order valence-corrected chi connectivity index (χ3v) is 3.49. The monoisotopic (exact) mass is 310 g/mol. The van der Waals surface area contributed by atoms with Crippen LogP contribution in [0.15, 0.2) is 22.8 Å². The molecule has 0 radical (unpaired) electrons. The predicted octanol–water partition coefficient (Wildman–Crippen LogP) is 1.56. The Labute approximate surface area is 131 Å². The van der Waals surface area contributed by atoms with Crippen molar-refractivity contribution in [3.05, 3.63) is 24.2 Å². The van der Waals surface area contributed by atoms with Gasteiger partial charge in [0.05, 0.1) is 12.4 Å². The van der Waals surface area contributed by atoms with E-state index in [-0.39, 0.29) is 23.5 Å². The lowest BCUT2D eigenvalue weighted by Crippen LogP contribution is -2.50. The second-order valence-corrected chi connectivity index (χ2v) is 6.06. The van der Waals surface area contributed by atoms with E-state index >= 15 is 0 Å². The normalized spacial score (nSPS) is 14.0. The second-order valence-electron chi connectivity index (χ2n) is 6.06. The van der Waals surface area contributed by atoms with Crippen LogP contribution in [-0.2, 0) is 4.79 Å². The summed E-state index contributed by atoms with van der Waals surface area (Å²) in [5.41, 5.74) is 0. The average Bonchev–Trinajstić information content (AvgIpc) is 2.97. The van der Waals surface area contributed by atoms with Gasteiger partial charge in [-0.25, -0.2) is 0 Å². The van der Waals surface area contributed by atoms with Gasteiger partial charge in [-0.15, -0.1) is 0 Å². The van der Waals surface area contributed by atoms with Crippen LogP contribution in [-0.4, -0.2) is 35.6 Å². The highest BCUT2D eigenvalue weighted by Crippen LogP contribution is 2.07. The Morgan fingerprint density at radius 2 is 1.91 bits per heavy atom. The van der Waals surface area contributed by atoms with E-state index in [9.17, 15) is 14.7 Å². The molecule has 3 N–H and O–H groups in total. The molecule has 0 aromatic carbocycles. The minimum absolute atomic E-state index is 0.0612. The zero-order valence-electron chi connectivity index (χ0n) is 13.6. The third-order valence-electron chi connectivity index (χ3n) is 3.49. The standard InChI is InChI=1S/C16H26N2O4/c1-10(2)12(19)7-8-17-16(21)14(11(3)4)18-15(20)13-6-5-9-22-13/h5-6,9-12,14,19H,7-8H2,1-4H3,(H,17,21)(H,18,20). The number of rotatable bonds is 8. The van der Waals surface area contributed by atoms with Crippen LogP contribution in [0.3, 0.4) is 0 Å². The van der Waals surface area contributed by atoms with Crippen molar-refractivity contribution in [2.75, 3.05) is 6.54 Å². The van der Waals surface area contributed by atoms with Gasteiger partial charge in [0.2, 0.25) is 5.91 Å². The molecule has 6 nitrogen and oxygen atoms in total. The van der Waals surface area contributed by atoms with Crippen LogP contribution in [0.1, 0.15) is 44.7 Å². The maximum absolute atomic E-state index is 12.2. The van der Waals surface area contributed by atoms with Crippen molar-refractivity contribution in [2.24, 2.45) is 11.8 Å². The fourth-order valence-electron chi connectivity index (χ4n) is 1.94. The number of furan rings is 1. The SMILES string of the molecule is CC(C)C(O)CCNC(=O)C(NC(=O)c1ccco1)C(C)C.